The first kappa shape index (κ1) is 20.6. The number of hydrogen-bond donors (Lipinski definition) is 1. The molecular weight excluding hydrogens is 385 g/mol. The van der Waals surface area contributed by atoms with Crippen molar-refractivity contribution in [3.05, 3.63) is 46.4 Å². The second kappa shape index (κ2) is 7.69. The molecule has 0 amide bonds. The summed E-state index contributed by atoms with van der Waals surface area (Å²) in [6.07, 6.45) is 5.75. The van der Waals surface area contributed by atoms with Crippen LogP contribution in [0, 0.1) is 40.4 Å². The van der Waals surface area contributed by atoms with E-state index in [1.165, 1.54) is 0 Å². The highest BCUT2D eigenvalue weighted by molar-refractivity contribution is 5.83. The van der Waals surface area contributed by atoms with Gasteiger partial charge >= 0.3 is 5.97 Å². The SMILES string of the molecule is CC1(C)C(=CNOC2CCCC2)[C@H]1C(=O)OCc1c(F)c(F)c(F)c(F)c1F. The molecule has 1 atom stereocenters. The lowest BCUT2D eigenvalue weighted by atomic mass is 10.1. The number of halogens is 5. The van der Waals surface area contributed by atoms with Crippen molar-refractivity contribution in [1.82, 2.24) is 5.48 Å². The van der Waals surface area contributed by atoms with E-state index < -0.39 is 58.6 Å². The number of hydroxylamine groups is 1. The van der Waals surface area contributed by atoms with Crippen LogP contribution in [-0.2, 0) is 21.0 Å². The molecule has 0 unspecified atom stereocenters. The Morgan fingerprint density at radius 2 is 1.57 bits per heavy atom. The standard InChI is InChI=1S/C19H20F5NO3/c1-19(2)11(7-25-28-9-5-3-4-6-9)12(19)18(26)27-8-10-13(20)15(22)17(24)16(23)14(10)21/h7,9,12,25H,3-6,8H2,1-2H3/t12-/m0/s1. The van der Waals surface area contributed by atoms with Crippen molar-refractivity contribution in [2.45, 2.75) is 52.2 Å². The van der Waals surface area contributed by atoms with Crippen LogP contribution in [0.1, 0.15) is 45.1 Å². The molecule has 0 aromatic heterocycles. The van der Waals surface area contributed by atoms with Crippen LogP contribution in [0.4, 0.5) is 22.0 Å². The van der Waals surface area contributed by atoms with E-state index in [0.717, 1.165) is 25.7 Å². The Bertz CT molecular complexity index is 789. The zero-order valence-corrected chi connectivity index (χ0v) is 15.4. The lowest BCUT2D eigenvalue weighted by Crippen LogP contribution is -2.17. The summed E-state index contributed by atoms with van der Waals surface area (Å²) >= 11 is 0. The van der Waals surface area contributed by atoms with Gasteiger partial charge in [0.25, 0.3) is 0 Å². The topological polar surface area (TPSA) is 47.6 Å². The van der Waals surface area contributed by atoms with Gasteiger partial charge in [-0.2, -0.15) is 0 Å². The van der Waals surface area contributed by atoms with Crippen LogP contribution in [-0.4, -0.2) is 12.1 Å². The summed E-state index contributed by atoms with van der Waals surface area (Å²) in [5.74, 6) is -12.0. The summed E-state index contributed by atoms with van der Waals surface area (Å²) < 4.78 is 71.6. The summed E-state index contributed by atoms with van der Waals surface area (Å²) in [6, 6.07) is 0. The molecule has 2 saturated carbocycles. The van der Waals surface area contributed by atoms with E-state index in [-0.39, 0.29) is 6.10 Å². The molecule has 0 aliphatic heterocycles. The second-order valence-electron chi connectivity index (χ2n) is 7.55. The third-order valence-corrected chi connectivity index (χ3v) is 5.34. The Balaban J connectivity index is 1.62. The van der Waals surface area contributed by atoms with E-state index >= 15 is 0 Å². The van der Waals surface area contributed by atoms with Crippen molar-refractivity contribution in [2.75, 3.05) is 0 Å². The molecule has 0 radical (unpaired) electrons. The molecule has 3 rings (SSSR count). The summed E-state index contributed by atoms with van der Waals surface area (Å²) in [4.78, 5) is 17.7. The third-order valence-electron chi connectivity index (χ3n) is 5.34. The fourth-order valence-corrected chi connectivity index (χ4v) is 3.47. The van der Waals surface area contributed by atoms with Gasteiger partial charge in [0.05, 0.1) is 17.6 Å². The van der Waals surface area contributed by atoms with Gasteiger partial charge in [0, 0.05) is 11.6 Å². The number of rotatable bonds is 6. The van der Waals surface area contributed by atoms with Gasteiger partial charge in [-0.15, -0.1) is 0 Å². The van der Waals surface area contributed by atoms with Gasteiger partial charge in [-0.05, 0) is 18.4 Å². The quantitative estimate of drug-likeness (QED) is 0.250. The van der Waals surface area contributed by atoms with Gasteiger partial charge < -0.3 is 4.74 Å². The van der Waals surface area contributed by atoms with Crippen molar-refractivity contribution < 1.29 is 36.3 Å². The maximum absolute atomic E-state index is 13.7. The predicted octanol–water partition coefficient (Wildman–Crippen LogP) is 4.43. The molecule has 0 spiro atoms. The van der Waals surface area contributed by atoms with Gasteiger partial charge in [-0.25, -0.2) is 22.0 Å². The number of carbonyl (C=O) groups is 1. The van der Waals surface area contributed by atoms with Crippen LogP contribution in [0.3, 0.4) is 0 Å². The number of ether oxygens (including phenoxy) is 1. The third kappa shape index (κ3) is 3.72. The van der Waals surface area contributed by atoms with Gasteiger partial charge in [-0.1, -0.05) is 26.7 Å². The molecule has 0 heterocycles. The summed E-state index contributed by atoms with van der Waals surface area (Å²) in [7, 11) is 0. The molecular formula is C19H20F5NO3. The normalized spacial score (nSPS) is 22.5. The first-order valence-electron chi connectivity index (χ1n) is 8.95. The summed E-state index contributed by atoms with van der Waals surface area (Å²) in [5.41, 5.74) is 1.62. The van der Waals surface area contributed by atoms with Crippen LogP contribution >= 0.6 is 0 Å². The minimum Gasteiger partial charge on any atom is -0.460 e. The molecule has 1 N–H and O–H groups in total. The van der Waals surface area contributed by atoms with Crippen LogP contribution in [0.15, 0.2) is 11.8 Å². The minimum absolute atomic E-state index is 0.110. The van der Waals surface area contributed by atoms with Crippen molar-refractivity contribution in [2.24, 2.45) is 11.3 Å². The Hall–Kier alpha value is -2.16. The zero-order chi connectivity index (χ0) is 20.6. The monoisotopic (exact) mass is 405 g/mol. The fraction of sp³-hybridized carbons (Fsp3) is 0.526. The van der Waals surface area contributed by atoms with Crippen molar-refractivity contribution in [3.63, 3.8) is 0 Å². The van der Waals surface area contributed by atoms with Gasteiger partial charge in [0.2, 0.25) is 5.82 Å². The number of carbonyl (C=O) groups excluding carboxylic acids is 1. The summed E-state index contributed by atoms with van der Waals surface area (Å²) in [6.45, 7) is 2.47. The predicted molar refractivity (Wildman–Crippen MR) is 87.9 cm³/mol. The number of nitrogens with one attached hydrogen (secondary N) is 1. The van der Waals surface area contributed by atoms with E-state index in [0.29, 0.717) is 5.57 Å². The molecule has 1 aromatic carbocycles. The number of hydrogen-bond acceptors (Lipinski definition) is 4. The highest BCUT2D eigenvalue weighted by Crippen LogP contribution is 2.58. The Kier molecular flexibility index (Phi) is 5.65. The zero-order valence-electron chi connectivity index (χ0n) is 15.4. The maximum atomic E-state index is 13.7. The smallest absolute Gasteiger partial charge is 0.314 e. The van der Waals surface area contributed by atoms with Gasteiger partial charge in [0.15, 0.2) is 23.3 Å². The van der Waals surface area contributed by atoms with E-state index in [9.17, 15) is 26.7 Å². The largest absolute Gasteiger partial charge is 0.460 e. The molecule has 0 saturated heterocycles. The molecule has 2 aliphatic rings. The van der Waals surface area contributed by atoms with Crippen LogP contribution < -0.4 is 5.48 Å². The van der Waals surface area contributed by atoms with E-state index in [1.807, 2.05) is 0 Å². The minimum atomic E-state index is -2.26. The van der Waals surface area contributed by atoms with E-state index in [4.69, 9.17) is 9.57 Å². The Morgan fingerprint density at radius 3 is 2.14 bits per heavy atom. The second-order valence-corrected chi connectivity index (χ2v) is 7.55. The average Bonchev–Trinajstić information content (AvgIpc) is 3.00. The van der Waals surface area contributed by atoms with Crippen molar-refractivity contribution in [3.8, 4) is 0 Å². The van der Waals surface area contributed by atoms with Crippen LogP contribution in [0.5, 0.6) is 0 Å². The van der Waals surface area contributed by atoms with Crippen molar-refractivity contribution >= 4 is 5.97 Å². The van der Waals surface area contributed by atoms with Crippen LogP contribution in [0.2, 0.25) is 0 Å². The van der Waals surface area contributed by atoms with Crippen molar-refractivity contribution in [1.29, 1.82) is 0 Å². The maximum Gasteiger partial charge on any atom is 0.314 e. The van der Waals surface area contributed by atoms with Gasteiger partial charge in [0.1, 0.15) is 6.61 Å². The van der Waals surface area contributed by atoms with Gasteiger partial charge in [-0.3, -0.25) is 15.1 Å². The highest BCUT2D eigenvalue weighted by atomic mass is 19.2. The molecule has 1 aromatic rings. The van der Waals surface area contributed by atoms with E-state index in [2.05, 4.69) is 5.48 Å². The molecule has 28 heavy (non-hydrogen) atoms. The first-order valence-corrected chi connectivity index (χ1v) is 8.95. The summed E-state index contributed by atoms with van der Waals surface area (Å²) in [5, 5.41) is 0. The molecule has 2 aliphatic carbocycles. The molecule has 154 valence electrons. The molecule has 0 bridgehead atoms. The fourth-order valence-electron chi connectivity index (χ4n) is 3.47. The average molecular weight is 405 g/mol. The molecule has 2 fully saturated rings. The lowest BCUT2D eigenvalue weighted by Gasteiger charge is -2.09. The van der Waals surface area contributed by atoms with Crippen LogP contribution in [0.25, 0.3) is 0 Å². The molecule has 9 heteroatoms. The Labute approximate surface area is 158 Å². The first-order chi connectivity index (χ1) is 13.2. The van der Waals surface area contributed by atoms with E-state index in [1.54, 1.807) is 20.0 Å². The molecule has 4 nitrogen and oxygen atoms in total. The highest BCUT2D eigenvalue weighted by Gasteiger charge is 2.58. The number of benzene rings is 1. The lowest BCUT2D eigenvalue weighted by molar-refractivity contribution is -0.147. The Morgan fingerprint density at radius 1 is 1.04 bits per heavy atom. The number of esters is 1.